The first-order valence-corrected chi connectivity index (χ1v) is 11.6. The highest BCUT2D eigenvalue weighted by atomic mass is 19.4. The Hall–Kier alpha value is -2.95. The van der Waals surface area contributed by atoms with Crippen LogP contribution in [0.4, 0.5) is 19.0 Å². The van der Waals surface area contributed by atoms with E-state index in [4.69, 9.17) is 0 Å². The molecule has 2 aromatic rings. The van der Waals surface area contributed by atoms with Crippen LogP contribution >= 0.6 is 0 Å². The van der Waals surface area contributed by atoms with E-state index < -0.39 is 11.7 Å². The summed E-state index contributed by atoms with van der Waals surface area (Å²) < 4.78 is 39.2. The van der Waals surface area contributed by atoms with Crippen LogP contribution < -0.4 is 16.0 Å². The topological polar surface area (TPSA) is 99.2 Å². The van der Waals surface area contributed by atoms with Gasteiger partial charge in [-0.25, -0.2) is 9.97 Å². The molecule has 0 unspecified atom stereocenters. The molecular formula is C23H29F3N6O2. The van der Waals surface area contributed by atoms with Gasteiger partial charge in [0.1, 0.15) is 12.1 Å². The maximum Gasteiger partial charge on any atom is 0.416 e. The molecule has 0 bridgehead atoms. The van der Waals surface area contributed by atoms with E-state index in [9.17, 15) is 22.8 Å². The molecule has 2 heterocycles. The minimum atomic E-state index is -4.48. The predicted molar refractivity (Wildman–Crippen MR) is 121 cm³/mol. The normalized spacial score (nSPS) is 21.6. The van der Waals surface area contributed by atoms with Crippen LogP contribution in [0.1, 0.15) is 38.2 Å². The lowest BCUT2D eigenvalue weighted by Gasteiger charge is -2.46. The van der Waals surface area contributed by atoms with Crippen LogP contribution in [0, 0.1) is 5.92 Å². The zero-order valence-corrected chi connectivity index (χ0v) is 19.0. The molecule has 2 aliphatic rings. The zero-order valence-electron chi connectivity index (χ0n) is 19.0. The molecule has 2 amide bonds. The van der Waals surface area contributed by atoms with E-state index >= 15 is 0 Å². The highest BCUT2D eigenvalue weighted by Gasteiger charge is 2.36. The Morgan fingerprint density at radius 2 is 1.85 bits per heavy atom. The number of carbonyl (C=O) groups excluding carboxylic acids is 2. The summed E-state index contributed by atoms with van der Waals surface area (Å²) in [6, 6.07) is 3.72. The van der Waals surface area contributed by atoms with Crippen molar-refractivity contribution >= 4 is 28.5 Å². The number of fused-ring (bicyclic) bond motifs is 1. The van der Waals surface area contributed by atoms with Crippen LogP contribution in [-0.2, 0) is 15.8 Å². The quantitative estimate of drug-likeness (QED) is 0.566. The van der Waals surface area contributed by atoms with Gasteiger partial charge in [0, 0.05) is 37.0 Å². The molecule has 0 spiro atoms. The average molecular weight is 479 g/mol. The molecule has 11 heteroatoms. The number of alkyl halides is 3. The van der Waals surface area contributed by atoms with Crippen molar-refractivity contribution in [3.8, 4) is 0 Å². The number of anilines is 1. The highest BCUT2D eigenvalue weighted by molar-refractivity contribution is 5.91. The Kier molecular flexibility index (Phi) is 7.20. The van der Waals surface area contributed by atoms with Gasteiger partial charge < -0.3 is 16.0 Å². The third kappa shape index (κ3) is 5.57. The summed E-state index contributed by atoms with van der Waals surface area (Å²) in [4.78, 5) is 34.7. The summed E-state index contributed by atoms with van der Waals surface area (Å²) in [5, 5.41) is 8.90. The second kappa shape index (κ2) is 10.1. The van der Waals surface area contributed by atoms with Crippen molar-refractivity contribution < 1.29 is 22.8 Å². The van der Waals surface area contributed by atoms with Crippen molar-refractivity contribution in [2.24, 2.45) is 5.92 Å². The van der Waals surface area contributed by atoms with Gasteiger partial charge in [-0.1, -0.05) is 0 Å². The standard InChI is InChI=1S/C23H29F3N6O2/c1-2-27-22(34)14-3-6-17(7-4-14)32-11-16(12-32)31-20(33)10-28-21-18-9-15(23(24,25)26)5-8-19(18)29-13-30-21/h5,8-9,13-14,16-17H,2-4,6-7,10-12H2,1H3,(H,27,34)(H,31,33)(H,28,29,30). The van der Waals surface area contributed by atoms with Crippen LogP contribution in [0.3, 0.4) is 0 Å². The molecule has 3 N–H and O–H groups in total. The zero-order chi connectivity index (χ0) is 24.3. The lowest BCUT2D eigenvalue weighted by atomic mass is 9.83. The van der Waals surface area contributed by atoms with Gasteiger partial charge in [0.25, 0.3) is 0 Å². The molecule has 1 saturated heterocycles. The largest absolute Gasteiger partial charge is 0.416 e. The van der Waals surface area contributed by atoms with Gasteiger partial charge in [0.15, 0.2) is 0 Å². The summed E-state index contributed by atoms with van der Waals surface area (Å²) in [6.07, 6.45) is 0.499. The summed E-state index contributed by atoms with van der Waals surface area (Å²) in [5.41, 5.74) is -0.431. The van der Waals surface area contributed by atoms with E-state index in [-0.39, 0.29) is 41.5 Å². The SMILES string of the molecule is CCNC(=O)C1CCC(N2CC(NC(=O)CNc3ncnc4ccc(C(F)(F)F)cc34)C2)CC1. The van der Waals surface area contributed by atoms with Crippen molar-refractivity contribution in [2.75, 3.05) is 31.5 Å². The number of hydrogen-bond donors (Lipinski definition) is 3. The minimum absolute atomic E-state index is 0.0365. The predicted octanol–water partition coefficient (Wildman–Crippen LogP) is 2.56. The number of nitrogens with one attached hydrogen (secondary N) is 3. The molecule has 34 heavy (non-hydrogen) atoms. The van der Waals surface area contributed by atoms with E-state index in [1.165, 1.54) is 12.4 Å². The first-order chi connectivity index (χ1) is 16.2. The Labute approximate surface area is 195 Å². The number of amides is 2. The van der Waals surface area contributed by atoms with E-state index in [0.717, 1.165) is 50.9 Å². The maximum atomic E-state index is 13.1. The van der Waals surface area contributed by atoms with Crippen molar-refractivity contribution in [3.05, 3.63) is 30.1 Å². The first kappa shape index (κ1) is 24.2. The van der Waals surface area contributed by atoms with Gasteiger partial charge in [0.05, 0.1) is 23.7 Å². The number of aromatic nitrogens is 2. The van der Waals surface area contributed by atoms with Crippen molar-refractivity contribution in [2.45, 2.75) is 50.9 Å². The average Bonchev–Trinajstić information content (AvgIpc) is 2.79. The molecule has 1 aromatic heterocycles. The van der Waals surface area contributed by atoms with Crippen molar-refractivity contribution in [3.63, 3.8) is 0 Å². The summed E-state index contributed by atoms with van der Waals surface area (Å²) >= 11 is 0. The minimum Gasteiger partial charge on any atom is -0.360 e. The third-order valence-electron chi connectivity index (χ3n) is 6.59. The number of nitrogens with zero attached hydrogens (tertiary/aromatic N) is 3. The van der Waals surface area contributed by atoms with E-state index in [2.05, 4.69) is 30.8 Å². The van der Waals surface area contributed by atoms with E-state index in [1.807, 2.05) is 6.92 Å². The van der Waals surface area contributed by atoms with Gasteiger partial charge in [-0.15, -0.1) is 0 Å². The lowest BCUT2D eigenvalue weighted by molar-refractivity contribution is -0.137. The number of hydrogen-bond acceptors (Lipinski definition) is 6. The Morgan fingerprint density at radius 1 is 1.12 bits per heavy atom. The number of benzene rings is 1. The van der Waals surface area contributed by atoms with Crippen LogP contribution in [0.5, 0.6) is 0 Å². The molecule has 2 fully saturated rings. The van der Waals surface area contributed by atoms with Gasteiger partial charge in [0.2, 0.25) is 11.8 Å². The van der Waals surface area contributed by atoms with Gasteiger partial charge >= 0.3 is 6.18 Å². The molecule has 1 aliphatic carbocycles. The number of carbonyl (C=O) groups is 2. The van der Waals surface area contributed by atoms with Crippen LogP contribution in [0.2, 0.25) is 0 Å². The van der Waals surface area contributed by atoms with E-state index in [1.54, 1.807) is 0 Å². The summed E-state index contributed by atoms with van der Waals surface area (Å²) in [7, 11) is 0. The van der Waals surface area contributed by atoms with E-state index in [0.29, 0.717) is 18.1 Å². The van der Waals surface area contributed by atoms with Crippen LogP contribution in [0.25, 0.3) is 10.9 Å². The first-order valence-electron chi connectivity index (χ1n) is 11.6. The fourth-order valence-corrected chi connectivity index (χ4v) is 4.74. The number of likely N-dealkylation sites (tertiary alicyclic amines) is 1. The van der Waals surface area contributed by atoms with Gasteiger partial charge in [-0.2, -0.15) is 13.2 Å². The molecule has 4 rings (SSSR count). The third-order valence-corrected chi connectivity index (χ3v) is 6.59. The Balaban J connectivity index is 1.23. The fraction of sp³-hybridized carbons (Fsp3) is 0.565. The smallest absolute Gasteiger partial charge is 0.360 e. The molecular weight excluding hydrogens is 449 g/mol. The van der Waals surface area contributed by atoms with Crippen molar-refractivity contribution in [1.29, 1.82) is 0 Å². The maximum absolute atomic E-state index is 13.1. The van der Waals surface area contributed by atoms with Gasteiger partial charge in [-0.05, 0) is 50.8 Å². The van der Waals surface area contributed by atoms with Gasteiger partial charge in [-0.3, -0.25) is 14.5 Å². The summed E-state index contributed by atoms with van der Waals surface area (Å²) in [5.74, 6) is 0.186. The fourth-order valence-electron chi connectivity index (χ4n) is 4.74. The molecule has 1 saturated carbocycles. The Morgan fingerprint density at radius 3 is 2.53 bits per heavy atom. The highest BCUT2D eigenvalue weighted by Crippen LogP contribution is 2.33. The Bertz CT molecular complexity index is 1030. The number of halogens is 3. The summed E-state index contributed by atoms with van der Waals surface area (Å²) in [6.45, 7) is 3.99. The molecule has 1 aliphatic heterocycles. The van der Waals surface area contributed by atoms with Crippen LogP contribution in [-0.4, -0.2) is 64.9 Å². The number of rotatable bonds is 7. The second-order valence-electron chi connectivity index (χ2n) is 8.92. The van der Waals surface area contributed by atoms with Crippen molar-refractivity contribution in [1.82, 2.24) is 25.5 Å². The molecule has 184 valence electrons. The molecule has 0 radical (unpaired) electrons. The van der Waals surface area contributed by atoms with Crippen LogP contribution in [0.15, 0.2) is 24.5 Å². The molecule has 0 atom stereocenters. The lowest BCUT2D eigenvalue weighted by Crippen LogP contribution is -2.63. The molecule has 8 nitrogen and oxygen atoms in total. The monoisotopic (exact) mass is 478 g/mol. The second-order valence-corrected chi connectivity index (χ2v) is 8.92. The molecule has 1 aromatic carbocycles.